The van der Waals surface area contributed by atoms with Crippen LogP contribution >= 0.6 is 27.7 Å². The maximum Gasteiger partial charge on any atom is 0.283 e. The molecule has 4 rings (SSSR count). The van der Waals surface area contributed by atoms with Gasteiger partial charge in [-0.2, -0.15) is 15.1 Å². The Balaban J connectivity index is 1.52. The summed E-state index contributed by atoms with van der Waals surface area (Å²) in [4.78, 5) is 16.8. The number of hydrogen-bond donors (Lipinski definition) is 1. The van der Waals surface area contributed by atoms with Crippen LogP contribution in [0.25, 0.3) is 6.08 Å². The predicted molar refractivity (Wildman–Crippen MR) is 143 cm³/mol. The van der Waals surface area contributed by atoms with Gasteiger partial charge in [0.15, 0.2) is 17.3 Å². The maximum absolute atomic E-state index is 12.7. The lowest BCUT2D eigenvalue weighted by Gasteiger charge is -2.20. The minimum absolute atomic E-state index is 0.00124. The normalized spacial score (nSPS) is 16.2. The van der Waals surface area contributed by atoms with Crippen molar-refractivity contribution in [2.75, 3.05) is 19.8 Å². The molecule has 0 atom stereocenters. The summed E-state index contributed by atoms with van der Waals surface area (Å²) in [5.41, 5.74) is 1.95. The lowest BCUT2D eigenvalue weighted by molar-refractivity contribution is -0.114. The number of nitrogens with one attached hydrogen (secondary N) is 1. The molecule has 0 fully saturated rings. The second kappa shape index (κ2) is 11.1. The molecular formula is C25H25BrN4O4S. The Morgan fingerprint density at radius 3 is 2.69 bits per heavy atom. The van der Waals surface area contributed by atoms with E-state index >= 15 is 0 Å². The van der Waals surface area contributed by atoms with Crippen molar-refractivity contribution in [1.29, 1.82) is 5.41 Å². The Morgan fingerprint density at radius 2 is 1.94 bits per heavy atom. The molecule has 1 N–H and O–H groups in total. The van der Waals surface area contributed by atoms with Gasteiger partial charge in [0, 0.05) is 0 Å². The Morgan fingerprint density at radius 1 is 1.14 bits per heavy atom. The molecule has 0 aliphatic carbocycles. The van der Waals surface area contributed by atoms with Crippen LogP contribution in [0.5, 0.6) is 17.2 Å². The molecule has 35 heavy (non-hydrogen) atoms. The Kier molecular flexibility index (Phi) is 7.92. The largest absolute Gasteiger partial charge is 0.490 e. The fourth-order valence-corrected chi connectivity index (χ4v) is 4.82. The van der Waals surface area contributed by atoms with Gasteiger partial charge < -0.3 is 14.2 Å². The number of carbonyl (C=O) groups is 1. The molecule has 2 heterocycles. The van der Waals surface area contributed by atoms with Gasteiger partial charge in [0.25, 0.3) is 5.91 Å². The summed E-state index contributed by atoms with van der Waals surface area (Å²) < 4.78 is 18.2. The van der Waals surface area contributed by atoms with Crippen molar-refractivity contribution in [3.05, 3.63) is 57.6 Å². The quantitative estimate of drug-likeness (QED) is 0.317. The van der Waals surface area contributed by atoms with Crippen LogP contribution in [0.15, 0.2) is 56.5 Å². The zero-order valence-corrected chi connectivity index (χ0v) is 22.0. The van der Waals surface area contributed by atoms with E-state index in [0.717, 1.165) is 16.4 Å². The van der Waals surface area contributed by atoms with Gasteiger partial charge >= 0.3 is 0 Å². The van der Waals surface area contributed by atoms with Crippen molar-refractivity contribution in [3.8, 4) is 17.2 Å². The van der Waals surface area contributed by atoms with Gasteiger partial charge in [-0.25, -0.2) is 0 Å². The molecule has 1 amide bonds. The van der Waals surface area contributed by atoms with E-state index in [2.05, 4.69) is 26.0 Å². The second-order valence-electron chi connectivity index (χ2n) is 7.64. The fraction of sp³-hybridized carbons (Fsp3) is 0.280. The van der Waals surface area contributed by atoms with Gasteiger partial charge in [-0.1, -0.05) is 19.1 Å². The first-order chi connectivity index (χ1) is 16.9. The van der Waals surface area contributed by atoms with E-state index in [0.29, 0.717) is 52.9 Å². The first kappa shape index (κ1) is 25.0. The smallest absolute Gasteiger partial charge is 0.283 e. The van der Waals surface area contributed by atoms with Crippen molar-refractivity contribution < 1.29 is 19.0 Å². The molecular weight excluding hydrogens is 532 g/mol. The number of amidine groups is 2. The summed E-state index contributed by atoms with van der Waals surface area (Å²) >= 11 is 4.87. The van der Waals surface area contributed by atoms with Crippen LogP contribution in [-0.2, 0) is 4.79 Å². The van der Waals surface area contributed by atoms with E-state index in [-0.39, 0.29) is 11.4 Å². The van der Waals surface area contributed by atoms with Gasteiger partial charge in [-0.15, -0.1) is 0 Å². The molecule has 0 saturated heterocycles. The predicted octanol–water partition coefficient (Wildman–Crippen LogP) is 5.64. The van der Waals surface area contributed by atoms with Gasteiger partial charge in [0.05, 0.1) is 16.7 Å². The van der Waals surface area contributed by atoms with Gasteiger partial charge in [0.1, 0.15) is 24.0 Å². The third kappa shape index (κ3) is 5.76. The summed E-state index contributed by atoms with van der Waals surface area (Å²) in [6.07, 6.45) is 2.33. The minimum Gasteiger partial charge on any atom is -0.490 e. The molecule has 0 saturated carbocycles. The van der Waals surface area contributed by atoms with Crippen LogP contribution in [0.4, 0.5) is 0 Å². The number of nitrogens with zero attached hydrogens (tertiary/aromatic N) is 3. The van der Waals surface area contributed by atoms with E-state index in [9.17, 15) is 4.79 Å². The average Bonchev–Trinajstić information content (AvgIpc) is 3.24. The Hall–Kier alpha value is -3.11. The molecule has 2 aliphatic rings. The van der Waals surface area contributed by atoms with Crippen LogP contribution in [0.3, 0.4) is 0 Å². The number of thioether (sulfide) groups is 1. The van der Waals surface area contributed by atoms with E-state index < -0.39 is 5.91 Å². The molecule has 2 aromatic carbocycles. The topological polar surface area (TPSA) is 96.6 Å². The summed E-state index contributed by atoms with van der Waals surface area (Å²) in [5.74, 6) is 1.38. The summed E-state index contributed by atoms with van der Waals surface area (Å²) in [5, 5.41) is 15.5. The van der Waals surface area contributed by atoms with Crippen LogP contribution in [0.1, 0.15) is 31.4 Å². The monoisotopic (exact) mass is 556 g/mol. The number of carbonyl (C=O) groups excluding carboxylic acids is 1. The number of ether oxygens (including phenoxy) is 3. The van der Waals surface area contributed by atoms with Crippen molar-refractivity contribution in [1.82, 2.24) is 5.01 Å². The number of aryl methyl sites for hydroxylation is 1. The molecule has 0 radical (unpaired) electrons. The average molecular weight is 557 g/mol. The number of fused-ring (bicyclic) bond motifs is 1. The standard InChI is InChI=1S/C25H25BrN4O4S/c1-4-21-29-30-23(27)18(24(31)28-25(30)35-21)12-16-13-19(26)22(20(14-16)32-5-2)34-10-9-33-17-8-6-7-15(3)11-17/h6-8,11-14,27H,4-5,9-10H2,1-3H3/b18-12-,27-23?. The van der Waals surface area contributed by atoms with Crippen molar-refractivity contribution in [2.24, 2.45) is 10.1 Å². The molecule has 0 bridgehead atoms. The molecule has 10 heteroatoms. The zero-order valence-electron chi connectivity index (χ0n) is 19.6. The number of amides is 1. The number of halogens is 1. The zero-order chi connectivity index (χ0) is 24.9. The molecule has 0 spiro atoms. The molecule has 0 aromatic heterocycles. The number of rotatable bonds is 9. The van der Waals surface area contributed by atoms with Crippen LogP contribution < -0.4 is 14.2 Å². The van der Waals surface area contributed by atoms with Crippen molar-refractivity contribution >= 4 is 55.7 Å². The lowest BCUT2D eigenvalue weighted by Crippen LogP contribution is -2.35. The third-order valence-corrected chi connectivity index (χ3v) is 6.67. The molecule has 2 aromatic rings. The highest BCUT2D eigenvalue weighted by Crippen LogP contribution is 2.38. The number of hydrogen-bond acceptors (Lipinski definition) is 7. The third-order valence-electron chi connectivity index (χ3n) is 5.03. The van der Waals surface area contributed by atoms with E-state index in [1.165, 1.54) is 16.8 Å². The van der Waals surface area contributed by atoms with Crippen LogP contribution in [0, 0.1) is 12.3 Å². The highest BCUT2D eigenvalue weighted by atomic mass is 79.9. The number of aliphatic imine (C=N–C) groups is 1. The fourth-order valence-electron chi connectivity index (χ4n) is 3.42. The van der Waals surface area contributed by atoms with Gasteiger partial charge in [-0.05, 0) is 89.4 Å². The van der Waals surface area contributed by atoms with Gasteiger partial charge in [0.2, 0.25) is 5.17 Å². The Labute approximate surface area is 216 Å². The maximum atomic E-state index is 12.7. The first-order valence-corrected chi connectivity index (χ1v) is 12.8. The summed E-state index contributed by atoms with van der Waals surface area (Å²) in [6, 6.07) is 11.4. The summed E-state index contributed by atoms with van der Waals surface area (Å²) in [7, 11) is 0. The number of hydrazone groups is 1. The number of benzene rings is 2. The van der Waals surface area contributed by atoms with E-state index in [1.54, 1.807) is 12.1 Å². The van der Waals surface area contributed by atoms with Gasteiger partial charge in [-0.3, -0.25) is 10.2 Å². The Bertz CT molecular complexity index is 1260. The van der Waals surface area contributed by atoms with Crippen LogP contribution in [0.2, 0.25) is 0 Å². The molecule has 182 valence electrons. The molecule has 2 aliphatic heterocycles. The first-order valence-electron chi connectivity index (χ1n) is 11.2. The van der Waals surface area contributed by atoms with E-state index in [1.807, 2.05) is 51.1 Å². The molecule has 8 nitrogen and oxygen atoms in total. The van der Waals surface area contributed by atoms with Crippen LogP contribution in [-0.4, -0.2) is 46.8 Å². The molecule has 0 unspecified atom stereocenters. The van der Waals surface area contributed by atoms with E-state index in [4.69, 9.17) is 19.6 Å². The van der Waals surface area contributed by atoms with Crippen molar-refractivity contribution in [2.45, 2.75) is 27.2 Å². The summed E-state index contributed by atoms with van der Waals surface area (Å²) in [6.45, 7) is 6.99. The highest BCUT2D eigenvalue weighted by Gasteiger charge is 2.35. The minimum atomic E-state index is -0.469. The lowest BCUT2D eigenvalue weighted by atomic mass is 10.1. The SMILES string of the molecule is CCOc1cc(/C=C2/C(=N)N3N=C(CC)SC3=NC2=O)cc(Br)c1OCCOc1cccc(C)c1. The van der Waals surface area contributed by atoms with Crippen molar-refractivity contribution in [3.63, 3.8) is 0 Å². The second-order valence-corrected chi connectivity index (χ2v) is 9.54. The highest BCUT2D eigenvalue weighted by molar-refractivity contribution is 9.10.